The number of rotatable bonds is 1. The van der Waals surface area contributed by atoms with Crippen molar-refractivity contribution in [2.45, 2.75) is 39.2 Å². The molecule has 1 saturated heterocycles. The van der Waals surface area contributed by atoms with E-state index in [4.69, 9.17) is 11.6 Å². The molecule has 0 saturated carbocycles. The highest BCUT2D eigenvalue weighted by molar-refractivity contribution is 6.29. The Hall–Kier alpha value is -1.13. The van der Waals surface area contributed by atoms with Crippen LogP contribution in [0.3, 0.4) is 0 Å². The molecule has 1 aromatic rings. The fraction of sp³-hybridized carbons (Fsp3) is 0.625. The Morgan fingerprint density at radius 3 is 2.57 bits per heavy atom. The lowest BCUT2D eigenvalue weighted by atomic mass is 9.90. The summed E-state index contributed by atoms with van der Waals surface area (Å²) in [5.74, 6) is 0.0467. The molecule has 1 unspecified atom stereocenters. The van der Waals surface area contributed by atoms with Gasteiger partial charge in [-0.25, -0.2) is 4.98 Å². The molecule has 0 aromatic carbocycles. The monoisotopic (exact) mass is 309 g/mol. The minimum atomic E-state index is -0.131. The molecule has 5 heteroatoms. The van der Waals surface area contributed by atoms with Crippen molar-refractivity contribution < 1.29 is 4.79 Å². The first-order valence-electron chi connectivity index (χ1n) is 7.36. The van der Waals surface area contributed by atoms with Gasteiger partial charge in [0.1, 0.15) is 5.15 Å². The molecule has 116 valence electrons. The average Bonchev–Trinajstić information content (AvgIpc) is 2.36. The first-order valence-corrected chi connectivity index (χ1v) is 7.74. The fourth-order valence-electron chi connectivity index (χ4n) is 2.61. The van der Waals surface area contributed by atoms with Crippen LogP contribution in [-0.4, -0.2) is 53.4 Å². The summed E-state index contributed by atoms with van der Waals surface area (Å²) in [6, 6.07) is 3.75. The molecule has 0 radical (unpaired) electrons. The molecule has 4 nitrogen and oxygen atoms in total. The van der Waals surface area contributed by atoms with E-state index in [1.165, 1.54) is 0 Å². The Kier molecular flexibility index (Phi) is 4.59. The van der Waals surface area contributed by atoms with Crippen LogP contribution in [0.15, 0.2) is 12.1 Å². The van der Waals surface area contributed by atoms with Crippen LogP contribution in [0, 0.1) is 0 Å². The Morgan fingerprint density at radius 1 is 1.33 bits per heavy atom. The van der Waals surface area contributed by atoms with Crippen LogP contribution >= 0.6 is 11.6 Å². The van der Waals surface area contributed by atoms with Gasteiger partial charge in [0.05, 0.1) is 0 Å². The summed E-state index contributed by atoms with van der Waals surface area (Å²) in [5.41, 5.74) is 1.35. The minimum Gasteiger partial charge on any atom is -0.333 e. The zero-order chi connectivity index (χ0) is 15.8. The van der Waals surface area contributed by atoms with E-state index in [-0.39, 0.29) is 17.4 Å². The molecule has 0 bridgehead atoms. The molecule has 0 spiro atoms. The highest BCUT2D eigenvalue weighted by Crippen LogP contribution is 2.24. The Morgan fingerprint density at radius 2 is 2.00 bits per heavy atom. The molecule has 0 aliphatic carbocycles. The van der Waals surface area contributed by atoms with Gasteiger partial charge < -0.3 is 9.80 Å². The quantitative estimate of drug-likeness (QED) is 0.749. The van der Waals surface area contributed by atoms with Crippen molar-refractivity contribution in [3.63, 3.8) is 0 Å². The van der Waals surface area contributed by atoms with Crippen molar-refractivity contribution in [3.05, 3.63) is 28.5 Å². The predicted octanol–water partition coefficient (Wildman–Crippen LogP) is 2.81. The van der Waals surface area contributed by atoms with Crippen LogP contribution in [0.1, 0.15) is 43.7 Å². The second-order valence-electron chi connectivity index (χ2n) is 6.92. The summed E-state index contributed by atoms with van der Waals surface area (Å²) >= 11 is 6.11. The molecular weight excluding hydrogens is 286 g/mol. The lowest BCUT2D eigenvalue weighted by molar-refractivity contribution is 0.0533. The van der Waals surface area contributed by atoms with Gasteiger partial charge in [-0.3, -0.25) is 4.79 Å². The average molecular weight is 310 g/mol. The van der Waals surface area contributed by atoms with Gasteiger partial charge in [0.2, 0.25) is 0 Å². The van der Waals surface area contributed by atoms with Gasteiger partial charge in [-0.15, -0.1) is 0 Å². The van der Waals surface area contributed by atoms with Crippen molar-refractivity contribution in [1.29, 1.82) is 0 Å². The van der Waals surface area contributed by atoms with E-state index in [0.717, 1.165) is 25.3 Å². The summed E-state index contributed by atoms with van der Waals surface area (Å²) in [5, 5.41) is 0.382. The maximum Gasteiger partial charge on any atom is 0.254 e. The van der Waals surface area contributed by atoms with Gasteiger partial charge in [0.25, 0.3) is 5.91 Å². The van der Waals surface area contributed by atoms with Gasteiger partial charge in [0.15, 0.2) is 0 Å². The van der Waals surface area contributed by atoms with E-state index in [0.29, 0.717) is 10.7 Å². The van der Waals surface area contributed by atoms with Crippen LogP contribution in [0.5, 0.6) is 0 Å². The van der Waals surface area contributed by atoms with Gasteiger partial charge in [-0.2, -0.15) is 0 Å². The van der Waals surface area contributed by atoms with Crippen LogP contribution < -0.4 is 0 Å². The Balaban J connectivity index is 2.29. The van der Waals surface area contributed by atoms with Crippen LogP contribution in [0.2, 0.25) is 5.15 Å². The number of aromatic nitrogens is 1. The largest absolute Gasteiger partial charge is 0.333 e. The molecule has 0 N–H and O–H groups in total. The van der Waals surface area contributed by atoms with Crippen LogP contribution in [-0.2, 0) is 5.41 Å². The van der Waals surface area contributed by atoms with Crippen molar-refractivity contribution >= 4 is 17.5 Å². The Bertz CT molecular complexity index is 539. The molecule has 1 atom stereocenters. The highest BCUT2D eigenvalue weighted by atomic mass is 35.5. The number of halogens is 1. The number of piperazine rings is 1. The summed E-state index contributed by atoms with van der Waals surface area (Å²) in [6.45, 7) is 10.8. The second-order valence-corrected chi connectivity index (χ2v) is 7.31. The van der Waals surface area contributed by atoms with Crippen molar-refractivity contribution in [3.8, 4) is 0 Å². The standard InChI is InChI=1S/C16H24ClN3O/c1-11-10-19(5)6-7-20(11)15(21)12-8-13(16(2,3)4)18-14(17)9-12/h8-9,11H,6-7,10H2,1-5H3. The number of carbonyl (C=O) groups excluding carboxylic acids is 1. The third-order valence-electron chi connectivity index (χ3n) is 3.90. The number of nitrogens with zero attached hydrogens (tertiary/aromatic N) is 3. The van der Waals surface area contributed by atoms with Gasteiger partial charge in [-0.1, -0.05) is 32.4 Å². The third-order valence-corrected chi connectivity index (χ3v) is 4.09. The molecule has 1 fully saturated rings. The first kappa shape index (κ1) is 16.2. The van der Waals surface area contributed by atoms with E-state index >= 15 is 0 Å². The molecule has 2 heterocycles. The van der Waals surface area contributed by atoms with Crippen molar-refractivity contribution in [1.82, 2.24) is 14.8 Å². The number of carbonyl (C=O) groups is 1. The SMILES string of the molecule is CC1CN(C)CCN1C(=O)c1cc(Cl)nc(C(C)(C)C)c1. The number of pyridine rings is 1. The maximum absolute atomic E-state index is 12.8. The van der Waals surface area contributed by atoms with Crippen molar-refractivity contribution in [2.75, 3.05) is 26.7 Å². The molecular formula is C16H24ClN3O. The van der Waals surface area contributed by atoms with Crippen LogP contribution in [0.25, 0.3) is 0 Å². The van der Waals surface area contributed by atoms with Crippen molar-refractivity contribution in [2.24, 2.45) is 0 Å². The summed E-state index contributed by atoms with van der Waals surface area (Å²) in [7, 11) is 2.08. The molecule has 2 rings (SSSR count). The van der Waals surface area contributed by atoms with E-state index in [9.17, 15) is 4.79 Å². The molecule has 1 aromatic heterocycles. The highest BCUT2D eigenvalue weighted by Gasteiger charge is 2.28. The molecule has 1 aliphatic heterocycles. The molecule has 1 amide bonds. The van der Waals surface area contributed by atoms with E-state index in [2.05, 4.69) is 44.6 Å². The number of hydrogen-bond donors (Lipinski definition) is 0. The smallest absolute Gasteiger partial charge is 0.254 e. The second kappa shape index (κ2) is 5.93. The van der Waals surface area contributed by atoms with Gasteiger partial charge in [-0.05, 0) is 26.1 Å². The van der Waals surface area contributed by atoms with E-state index < -0.39 is 0 Å². The Labute approximate surface area is 132 Å². The zero-order valence-electron chi connectivity index (χ0n) is 13.5. The molecule has 21 heavy (non-hydrogen) atoms. The normalized spacial score (nSPS) is 20.7. The topological polar surface area (TPSA) is 36.4 Å². The lowest BCUT2D eigenvalue weighted by Gasteiger charge is -2.38. The van der Waals surface area contributed by atoms with E-state index in [1.807, 2.05) is 11.0 Å². The number of likely N-dealkylation sites (N-methyl/N-ethyl adjacent to an activating group) is 1. The lowest BCUT2D eigenvalue weighted by Crippen LogP contribution is -2.52. The summed E-state index contributed by atoms with van der Waals surface area (Å²) < 4.78 is 0. The van der Waals surface area contributed by atoms with Gasteiger partial charge >= 0.3 is 0 Å². The number of amides is 1. The fourth-order valence-corrected chi connectivity index (χ4v) is 2.82. The minimum absolute atomic E-state index is 0.0467. The summed E-state index contributed by atoms with van der Waals surface area (Å²) in [4.78, 5) is 21.3. The van der Waals surface area contributed by atoms with Crippen LogP contribution in [0.4, 0.5) is 0 Å². The number of hydrogen-bond acceptors (Lipinski definition) is 3. The predicted molar refractivity (Wildman–Crippen MR) is 85.9 cm³/mol. The first-order chi connectivity index (χ1) is 9.68. The zero-order valence-corrected chi connectivity index (χ0v) is 14.2. The third kappa shape index (κ3) is 3.74. The van der Waals surface area contributed by atoms with Gasteiger partial charge in [0, 0.05) is 42.3 Å². The molecule has 1 aliphatic rings. The van der Waals surface area contributed by atoms with E-state index in [1.54, 1.807) is 6.07 Å². The summed E-state index contributed by atoms with van der Waals surface area (Å²) in [6.07, 6.45) is 0. The maximum atomic E-state index is 12.8.